The normalized spacial score (nSPS) is 11.3. The fraction of sp³-hybridized carbons (Fsp3) is 0.105. The molecule has 0 aliphatic heterocycles. The molecule has 0 spiro atoms. The summed E-state index contributed by atoms with van der Waals surface area (Å²) in [4.78, 5) is 12.2. The zero-order valence-electron chi connectivity index (χ0n) is 13.7. The summed E-state index contributed by atoms with van der Waals surface area (Å²) in [6.07, 6.45) is -4.62. The Hall–Kier alpha value is -2.93. The quantitative estimate of drug-likeness (QED) is 0.595. The van der Waals surface area contributed by atoms with Gasteiger partial charge in [-0.1, -0.05) is 29.8 Å². The van der Waals surface area contributed by atoms with Gasteiger partial charge in [-0.2, -0.15) is 13.2 Å². The second kappa shape index (κ2) is 7.75. The highest BCUT2D eigenvalue weighted by molar-refractivity contribution is 6.31. The van der Waals surface area contributed by atoms with E-state index in [0.717, 1.165) is 12.1 Å². The topological polar surface area (TPSA) is 51.5 Å². The molecule has 3 aromatic rings. The van der Waals surface area contributed by atoms with Crippen LogP contribution in [0.15, 0.2) is 65.1 Å². The minimum atomic E-state index is -4.62. The number of hydrogen-bond acceptors (Lipinski definition) is 3. The summed E-state index contributed by atoms with van der Waals surface area (Å²) in [5, 5.41) is 1.91. The zero-order chi connectivity index (χ0) is 19.4. The van der Waals surface area contributed by atoms with Gasteiger partial charge in [-0.25, -0.2) is 0 Å². The van der Waals surface area contributed by atoms with Crippen molar-refractivity contribution in [2.75, 3.05) is 5.32 Å². The molecule has 1 aromatic heterocycles. The third-order valence-corrected chi connectivity index (χ3v) is 3.87. The Kier molecular flexibility index (Phi) is 5.41. The van der Waals surface area contributed by atoms with E-state index in [-0.39, 0.29) is 18.1 Å². The van der Waals surface area contributed by atoms with Crippen LogP contribution in [0.5, 0.6) is 5.75 Å². The predicted molar refractivity (Wildman–Crippen MR) is 93.9 cm³/mol. The lowest BCUT2D eigenvalue weighted by atomic mass is 10.2. The molecule has 140 valence electrons. The van der Waals surface area contributed by atoms with Gasteiger partial charge in [0.15, 0.2) is 5.76 Å². The van der Waals surface area contributed by atoms with Crippen LogP contribution in [0.3, 0.4) is 0 Å². The number of alkyl halides is 3. The summed E-state index contributed by atoms with van der Waals surface area (Å²) < 4.78 is 49.5. The summed E-state index contributed by atoms with van der Waals surface area (Å²) in [5.74, 6) is 0.304. The van der Waals surface area contributed by atoms with Crippen LogP contribution < -0.4 is 10.1 Å². The van der Waals surface area contributed by atoms with Gasteiger partial charge in [0.1, 0.15) is 18.1 Å². The van der Waals surface area contributed by atoms with Crippen molar-refractivity contribution >= 4 is 23.2 Å². The number of halogens is 4. The molecule has 1 amide bonds. The number of anilines is 1. The lowest BCUT2D eigenvalue weighted by Gasteiger charge is -2.11. The zero-order valence-corrected chi connectivity index (χ0v) is 14.5. The summed E-state index contributed by atoms with van der Waals surface area (Å²) in [7, 11) is 0. The maximum atomic E-state index is 12.9. The first-order valence-electron chi connectivity index (χ1n) is 7.77. The van der Waals surface area contributed by atoms with Crippen LogP contribution in [0.2, 0.25) is 5.02 Å². The van der Waals surface area contributed by atoms with Crippen molar-refractivity contribution in [3.05, 3.63) is 82.8 Å². The van der Waals surface area contributed by atoms with E-state index >= 15 is 0 Å². The van der Waals surface area contributed by atoms with Gasteiger partial charge < -0.3 is 14.5 Å². The molecule has 0 unspecified atom stereocenters. The van der Waals surface area contributed by atoms with Crippen LogP contribution >= 0.6 is 11.6 Å². The van der Waals surface area contributed by atoms with Crippen LogP contribution in [0.25, 0.3) is 0 Å². The number of benzene rings is 2. The molecule has 0 aliphatic carbocycles. The molecule has 0 radical (unpaired) electrons. The molecule has 0 bridgehead atoms. The fourth-order valence-electron chi connectivity index (χ4n) is 2.26. The first-order chi connectivity index (χ1) is 12.8. The largest absolute Gasteiger partial charge is 0.486 e. The van der Waals surface area contributed by atoms with Crippen molar-refractivity contribution in [2.24, 2.45) is 0 Å². The average Bonchev–Trinajstić information content (AvgIpc) is 3.11. The Morgan fingerprint density at radius 1 is 1.07 bits per heavy atom. The van der Waals surface area contributed by atoms with Crippen molar-refractivity contribution in [1.29, 1.82) is 0 Å². The van der Waals surface area contributed by atoms with Crippen LogP contribution in [-0.4, -0.2) is 5.91 Å². The van der Waals surface area contributed by atoms with E-state index in [0.29, 0.717) is 11.5 Å². The van der Waals surface area contributed by atoms with Crippen LogP contribution in [0, 0.1) is 0 Å². The van der Waals surface area contributed by atoms with Crippen molar-refractivity contribution in [1.82, 2.24) is 0 Å². The van der Waals surface area contributed by atoms with Crippen LogP contribution in [-0.2, 0) is 12.8 Å². The summed E-state index contributed by atoms with van der Waals surface area (Å²) in [5.41, 5.74) is -1.08. The first kappa shape index (κ1) is 18.8. The number of nitrogens with one attached hydrogen (secondary N) is 1. The Morgan fingerprint density at radius 3 is 2.52 bits per heavy atom. The summed E-state index contributed by atoms with van der Waals surface area (Å²) in [6.45, 7) is 0.108. The van der Waals surface area contributed by atoms with Gasteiger partial charge in [-0.3, -0.25) is 4.79 Å². The molecule has 0 atom stereocenters. The second-order valence-electron chi connectivity index (χ2n) is 5.51. The number of para-hydroxylation sites is 1. The number of ether oxygens (including phenoxy) is 1. The predicted octanol–water partition coefficient (Wildman–Crippen LogP) is 5.78. The van der Waals surface area contributed by atoms with Crippen molar-refractivity contribution in [2.45, 2.75) is 12.8 Å². The van der Waals surface area contributed by atoms with E-state index in [1.165, 1.54) is 12.1 Å². The molecule has 0 saturated carbocycles. The molecule has 27 heavy (non-hydrogen) atoms. The van der Waals surface area contributed by atoms with E-state index in [2.05, 4.69) is 5.32 Å². The van der Waals surface area contributed by atoms with Gasteiger partial charge in [0.25, 0.3) is 5.91 Å². The number of carbonyl (C=O) groups is 1. The number of carbonyl (C=O) groups excluding carboxylic acids is 1. The highest BCUT2D eigenvalue weighted by atomic mass is 35.5. The molecule has 1 N–H and O–H groups in total. The Labute approximate surface area is 157 Å². The highest BCUT2D eigenvalue weighted by Gasteiger charge is 2.33. The standard InChI is InChI=1S/C19H13ClF3NO3/c20-16-8-6-12(10-15(16)19(21,22)23)24-18(25)17-9-7-14(27-17)11-26-13-4-2-1-3-5-13/h1-10H,11H2,(H,24,25). The van der Waals surface area contributed by atoms with Gasteiger partial charge in [0.05, 0.1) is 10.6 Å². The monoisotopic (exact) mass is 395 g/mol. The average molecular weight is 396 g/mol. The SMILES string of the molecule is O=C(Nc1ccc(Cl)c(C(F)(F)F)c1)c1ccc(COc2ccccc2)o1. The van der Waals surface area contributed by atoms with E-state index in [1.54, 1.807) is 18.2 Å². The third kappa shape index (κ3) is 4.83. The lowest BCUT2D eigenvalue weighted by molar-refractivity contribution is -0.137. The minimum Gasteiger partial charge on any atom is -0.486 e. The van der Waals surface area contributed by atoms with E-state index in [9.17, 15) is 18.0 Å². The van der Waals surface area contributed by atoms with Crippen LogP contribution in [0.4, 0.5) is 18.9 Å². The highest BCUT2D eigenvalue weighted by Crippen LogP contribution is 2.36. The molecule has 0 saturated heterocycles. The number of hydrogen-bond donors (Lipinski definition) is 1. The maximum absolute atomic E-state index is 12.9. The van der Waals surface area contributed by atoms with Crippen molar-refractivity contribution in [3.8, 4) is 5.75 Å². The Bertz CT molecular complexity index is 939. The van der Waals surface area contributed by atoms with Gasteiger partial charge >= 0.3 is 6.18 Å². The molecular weight excluding hydrogens is 383 g/mol. The van der Waals surface area contributed by atoms with Crippen LogP contribution in [0.1, 0.15) is 21.9 Å². The molecule has 0 fully saturated rings. The number of amides is 1. The molecule has 3 rings (SSSR count). The fourth-order valence-corrected chi connectivity index (χ4v) is 2.49. The van der Waals surface area contributed by atoms with Gasteiger partial charge in [-0.15, -0.1) is 0 Å². The number of rotatable bonds is 5. The second-order valence-corrected chi connectivity index (χ2v) is 5.92. The van der Waals surface area contributed by atoms with Gasteiger partial charge in [0, 0.05) is 5.69 Å². The molecule has 8 heteroatoms. The first-order valence-corrected chi connectivity index (χ1v) is 8.15. The van der Waals surface area contributed by atoms with Crippen molar-refractivity contribution in [3.63, 3.8) is 0 Å². The van der Waals surface area contributed by atoms with Crippen molar-refractivity contribution < 1.29 is 27.1 Å². The van der Waals surface area contributed by atoms with E-state index in [1.807, 2.05) is 18.2 Å². The molecule has 4 nitrogen and oxygen atoms in total. The third-order valence-electron chi connectivity index (χ3n) is 3.54. The summed E-state index contributed by atoms with van der Waals surface area (Å²) >= 11 is 5.56. The molecule has 0 aliphatic rings. The number of furan rings is 1. The Balaban J connectivity index is 1.66. The smallest absolute Gasteiger partial charge is 0.417 e. The molecular formula is C19H13ClF3NO3. The molecule has 1 heterocycles. The Morgan fingerprint density at radius 2 is 1.81 bits per heavy atom. The van der Waals surface area contributed by atoms with Gasteiger partial charge in [-0.05, 0) is 42.5 Å². The van der Waals surface area contributed by atoms with E-state index < -0.39 is 22.7 Å². The lowest BCUT2D eigenvalue weighted by Crippen LogP contribution is -2.13. The molecule has 2 aromatic carbocycles. The minimum absolute atomic E-state index is 0.0461. The van der Waals surface area contributed by atoms with Gasteiger partial charge in [0.2, 0.25) is 0 Å². The van der Waals surface area contributed by atoms with E-state index in [4.69, 9.17) is 20.8 Å². The summed E-state index contributed by atoms with van der Waals surface area (Å²) in [6, 6.07) is 15.1. The maximum Gasteiger partial charge on any atom is 0.417 e.